The van der Waals surface area contributed by atoms with E-state index in [-0.39, 0.29) is 37.3 Å². The molecule has 37 heavy (non-hydrogen) atoms. The number of amides is 3. The van der Waals surface area contributed by atoms with Crippen LogP contribution in [-0.2, 0) is 23.6 Å². The van der Waals surface area contributed by atoms with Gasteiger partial charge in [-0.05, 0) is 101 Å². The molecule has 1 saturated carbocycles. The molecule has 2 fully saturated rings. The summed E-state index contributed by atoms with van der Waals surface area (Å²) in [5.41, 5.74) is -3.06. The van der Waals surface area contributed by atoms with E-state index in [4.69, 9.17) is 14.0 Å². The lowest BCUT2D eigenvalue weighted by Gasteiger charge is -2.47. The monoisotopic (exact) mass is 523 g/mol. The summed E-state index contributed by atoms with van der Waals surface area (Å²) in [5, 5.41) is 8.93. The van der Waals surface area contributed by atoms with Gasteiger partial charge in [0, 0.05) is 24.9 Å². The largest absolute Gasteiger partial charge is 0.457 e. The molecule has 0 radical (unpaired) electrons. The number of alkyl carbamates (subject to hydrolysis) is 1. The molecule has 2 rings (SSSR count). The van der Waals surface area contributed by atoms with Crippen LogP contribution >= 0.6 is 0 Å². The summed E-state index contributed by atoms with van der Waals surface area (Å²) in [6.07, 6.45) is 2.96. The standard InChI is InChI=1S/C27H50BN3O6/c1-18(32)30-27(21(33)31-23(2,3)4)16-19(14-15-28-36-25(8,9)26(10,11)37-28)12-13-20(27)17-29-22(34)35-24(5,6)7/h19-20H,12-17H2,1-11H3,(H,29,34)(H,30,32)(H,31,33). The van der Waals surface area contributed by atoms with Gasteiger partial charge in [0.1, 0.15) is 11.1 Å². The molecule has 1 aliphatic heterocycles. The Labute approximate surface area is 224 Å². The van der Waals surface area contributed by atoms with E-state index in [1.165, 1.54) is 6.92 Å². The van der Waals surface area contributed by atoms with Gasteiger partial charge in [0.25, 0.3) is 0 Å². The van der Waals surface area contributed by atoms with Crippen LogP contribution in [0.15, 0.2) is 0 Å². The number of hydrogen-bond donors (Lipinski definition) is 3. The van der Waals surface area contributed by atoms with Crippen LogP contribution in [0.25, 0.3) is 0 Å². The fourth-order valence-corrected chi connectivity index (χ4v) is 5.16. The quantitative estimate of drug-likeness (QED) is 0.431. The van der Waals surface area contributed by atoms with Crippen LogP contribution in [0, 0.1) is 11.8 Å². The Bertz CT molecular complexity index is 832. The van der Waals surface area contributed by atoms with Crippen LogP contribution in [0.2, 0.25) is 6.32 Å². The molecular formula is C27H50BN3O6. The summed E-state index contributed by atoms with van der Waals surface area (Å²) in [5.74, 6) is -0.627. The van der Waals surface area contributed by atoms with E-state index in [1.807, 2.05) is 48.5 Å². The van der Waals surface area contributed by atoms with Gasteiger partial charge < -0.3 is 30.0 Å². The van der Waals surface area contributed by atoms with Gasteiger partial charge in [-0.3, -0.25) is 9.59 Å². The molecule has 9 nitrogen and oxygen atoms in total. The van der Waals surface area contributed by atoms with Crippen LogP contribution in [0.1, 0.15) is 102 Å². The summed E-state index contributed by atoms with van der Waals surface area (Å²) >= 11 is 0. The Balaban J connectivity index is 2.23. The van der Waals surface area contributed by atoms with Gasteiger partial charge in [0.15, 0.2) is 0 Å². The third-order valence-electron chi connectivity index (χ3n) is 7.53. The average Bonchev–Trinajstić information content (AvgIpc) is 2.88. The second kappa shape index (κ2) is 11.1. The minimum Gasteiger partial charge on any atom is -0.444 e. The first-order valence-electron chi connectivity index (χ1n) is 13.6. The second-order valence-electron chi connectivity index (χ2n) is 13.8. The van der Waals surface area contributed by atoms with Gasteiger partial charge in [0.05, 0.1) is 11.2 Å². The fourth-order valence-electron chi connectivity index (χ4n) is 5.16. The molecule has 3 atom stereocenters. The van der Waals surface area contributed by atoms with Crippen LogP contribution in [0.5, 0.6) is 0 Å². The van der Waals surface area contributed by atoms with Crippen molar-refractivity contribution in [3.05, 3.63) is 0 Å². The normalized spacial score (nSPS) is 27.4. The van der Waals surface area contributed by atoms with Gasteiger partial charge in [-0.1, -0.05) is 6.42 Å². The maximum Gasteiger partial charge on any atom is 0.457 e. The van der Waals surface area contributed by atoms with E-state index in [1.54, 1.807) is 20.8 Å². The zero-order valence-electron chi connectivity index (χ0n) is 24.9. The highest BCUT2D eigenvalue weighted by Gasteiger charge is 2.53. The maximum absolute atomic E-state index is 13.8. The van der Waals surface area contributed by atoms with Crippen LogP contribution in [-0.4, -0.2) is 59.5 Å². The molecule has 1 heterocycles. The predicted molar refractivity (Wildman–Crippen MR) is 145 cm³/mol. The molecule has 3 unspecified atom stereocenters. The van der Waals surface area contributed by atoms with Gasteiger partial charge in [-0.15, -0.1) is 0 Å². The van der Waals surface area contributed by atoms with E-state index in [0.717, 1.165) is 12.8 Å². The smallest absolute Gasteiger partial charge is 0.444 e. The van der Waals surface area contributed by atoms with Crippen molar-refractivity contribution < 1.29 is 28.4 Å². The van der Waals surface area contributed by atoms with Crippen LogP contribution in [0.4, 0.5) is 4.79 Å². The number of carbonyl (C=O) groups excluding carboxylic acids is 3. The van der Waals surface area contributed by atoms with Crippen molar-refractivity contribution >= 4 is 25.0 Å². The van der Waals surface area contributed by atoms with Crippen molar-refractivity contribution in [2.75, 3.05) is 6.54 Å². The minimum absolute atomic E-state index is 0.175. The molecule has 0 aromatic rings. The van der Waals surface area contributed by atoms with Crippen LogP contribution in [0.3, 0.4) is 0 Å². The molecule has 10 heteroatoms. The molecule has 3 N–H and O–H groups in total. The molecule has 0 aromatic heterocycles. The van der Waals surface area contributed by atoms with Gasteiger partial charge >= 0.3 is 13.2 Å². The molecule has 212 valence electrons. The predicted octanol–water partition coefficient (Wildman–Crippen LogP) is 4.20. The minimum atomic E-state index is -1.16. The number of rotatable bonds is 7. The van der Waals surface area contributed by atoms with Gasteiger partial charge in [-0.2, -0.15) is 0 Å². The lowest BCUT2D eigenvalue weighted by atomic mass is 9.65. The molecular weight excluding hydrogens is 473 g/mol. The second-order valence-corrected chi connectivity index (χ2v) is 13.8. The van der Waals surface area contributed by atoms with Crippen molar-refractivity contribution in [2.45, 2.75) is 136 Å². The summed E-state index contributed by atoms with van der Waals surface area (Å²) in [6, 6.07) is 0. The van der Waals surface area contributed by atoms with E-state index in [9.17, 15) is 14.4 Å². The lowest BCUT2D eigenvalue weighted by Crippen LogP contribution is -2.68. The molecule has 0 bridgehead atoms. The first kappa shape index (κ1) is 31.4. The van der Waals surface area contributed by atoms with Crippen molar-refractivity contribution in [3.63, 3.8) is 0 Å². The van der Waals surface area contributed by atoms with Crippen molar-refractivity contribution in [2.24, 2.45) is 11.8 Å². The van der Waals surface area contributed by atoms with Gasteiger partial charge in [0.2, 0.25) is 11.8 Å². The van der Waals surface area contributed by atoms with Gasteiger partial charge in [-0.25, -0.2) is 4.79 Å². The van der Waals surface area contributed by atoms with Crippen molar-refractivity contribution in [3.8, 4) is 0 Å². The van der Waals surface area contributed by atoms with E-state index in [0.29, 0.717) is 19.2 Å². The molecule has 0 spiro atoms. The zero-order chi connectivity index (χ0) is 28.4. The Kier molecular flexibility index (Phi) is 9.45. The van der Waals surface area contributed by atoms with Crippen molar-refractivity contribution in [1.29, 1.82) is 0 Å². The number of nitrogens with one attached hydrogen (secondary N) is 3. The Morgan fingerprint density at radius 1 is 0.973 bits per heavy atom. The maximum atomic E-state index is 13.8. The third kappa shape index (κ3) is 8.60. The molecule has 3 amide bonds. The summed E-state index contributed by atoms with van der Waals surface area (Å²) in [7, 11) is -0.310. The highest BCUT2D eigenvalue weighted by molar-refractivity contribution is 6.45. The average molecular weight is 524 g/mol. The summed E-state index contributed by atoms with van der Waals surface area (Å²) < 4.78 is 17.8. The molecule has 2 aliphatic rings. The number of ether oxygens (including phenoxy) is 1. The SMILES string of the molecule is CC(=O)NC1(C(=O)NC(C)(C)C)CC(CCB2OC(C)(C)C(C)(C)O2)CCC1CNC(=O)OC(C)(C)C. The number of carbonyl (C=O) groups is 3. The molecule has 1 saturated heterocycles. The van der Waals surface area contributed by atoms with E-state index in [2.05, 4.69) is 16.0 Å². The first-order chi connectivity index (χ1) is 16.7. The topological polar surface area (TPSA) is 115 Å². The first-order valence-corrected chi connectivity index (χ1v) is 13.6. The number of hydrogen-bond acceptors (Lipinski definition) is 6. The Hall–Kier alpha value is -1.81. The summed E-state index contributed by atoms with van der Waals surface area (Å²) in [6.45, 7) is 20.9. The Morgan fingerprint density at radius 3 is 2.03 bits per heavy atom. The lowest BCUT2D eigenvalue weighted by molar-refractivity contribution is -0.139. The zero-order valence-corrected chi connectivity index (χ0v) is 24.9. The van der Waals surface area contributed by atoms with Crippen molar-refractivity contribution in [1.82, 2.24) is 16.0 Å². The molecule has 1 aliphatic carbocycles. The van der Waals surface area contributed by atoms with E-state index >= 15 is 0 Å². The highest BCUT2D eigenvalue weighted by Crippen LogP contribution is 2.42. The van der Waals surface area contributed by atoms with E-state index < -0.39 is 34.0 Å². The third-order valence-corrected chi connectivity index (χ3v) is 7.53. The Morgan fingerprint density at radius 2 is 1.54 bits per heavy atom. The molecule has 0 aromatic carbocycles. The highest BCUT2D eigenvalue weighted by atomic mass is 16.7. The van der Waals surface area contributed by atoms with Crippen LogP contribution < -0.4 is 16.0 Å². The summed E-state index contributed by atoms with van der Waals surface area (Å²) in [4.78, 5) is 38.6. The fraction of sp³-hybridized carbons (Fsp3) is 0.889.